The average molecular weight is 293 g/mol. The molecule has 2 atom stereocenters. The molecule has 1 fully saturated rings. The molecule has 1 amide bonds. The first kappa shape index (κ1) is 15.3. The van der Waals surface area contributed by atoms with E-state index < -0.39 is 5.82 Å². The largest absolute Gasteiger partial charge is 0.409 e. The molecule has 2 unspecified atom stereocenters. The third kappa shape index (κ3) is 3.51. The van der Waals surface area contributed by atoms with Crippen molar-refractivity contribution in [2.75, 3.05) is 0 Å². The maximum Gasteiger partial charge on any atom is 0.223 e. The van der Waals surface area contributed by atoms with E-state index >= 15 is 0 Å². The van der Waals surface area contributed by atoms with Gasteiger partial charge in [-0.15, -0.1) is 0 Å². The highest BCUT2D eigenvalue weighted by molar-refractivity contribution is 5.97. The number of hydrogen-bond acceptors (Lipinski definition) is 3. The third-order valence-corrected chi connectivity index (χ3v) is 4.11. The van der Waals surface area contributed by atoms with Crippen molar-refractivity contribution in [3.8, 4) is 0 Å². The molecule has 0 heterocycles. The second-order valence-electron chi connectivity index (χ2n) is 5.52. The summed E-state index contributed by atoms with van der Waals surface area (Å²) < 4.78 is 13.9. The Morgan fingerprint density at radius 3 is 2.86 bits per heavy atom. The van der Waals surface area contributed by atoms with Gasteiger partial charge in [-0.1, -0.05) is 30.6 Å². The third-order valence-electron chi connectivity index (χ3n) is 4.11. The molecular weight excluding hydrogens is 273 g/mol. The van der Waals surface area contributed by atoms with Gasteiger partial charge >= 0.3 is 0 Å². The van der Waals surface area contributed by atoms with Crippen molar-refractivity contribution in [1.82, 2.24) is 5.32 Å². The Morgan fingerprint density at radius 2 is 2.29 bits per heavy atom. The zero-order valence-electron chi connectivity index (χ0n) is 12.0. The molecule has 1 aliphatic carbocycles. The molecule has 6 heteroatoms. The second kappa shape index (κ2) is 6.56. The van der Waals surface area contributed by atoms with Gasteiger partial charge in [0.25, 0.3) is 0 Å². The fourth-order valence-corrected chi connectivity index (χ4v) is 2.76. The van der Waals surface area contributed by atoms with E-state index in [0.717, 1.165) is 19.3 Å². The fraction of sp³-hybridized carbons (Fsp3) is 0.467. The van der Waals surface area contributed by atoms with Gasteiger partial charge in [0, 0.05) is 23.6 Å². The van der Waals surface area contributed by atoms with E-state index in [2.05, 4.69) is 17.4 Å². The van der Waals surface area contributed by atoms with Crippen LogP contribution < -0.4 is 11.1 Å². The van der Waals surface area contributed by atoms with Crippen molar-refractivity contribution in [3.63, 3.8) is 0 Å². The number of amidine groups is 1. The first-order valence-electron chi connectivity index (χ1n) is 7.07. The van der Waals surface area contributed by atoms with Gasteiger partial charge in [-0.05, 0) is 24.8 Å². The van der Waals surface area contributed by atoms with Gasteiger partial charge in [0.1, 0.15) is 5.82 Å². The Bertz CT molecular complexity index is 560. The van der Waals surface area contributed by atoms with Crippen molar-refractivity contribution < 1.29 is 14.4 Å². The monoisotopic (exact) mass is 293 g/mol. The second-order valence-corrected chi connectivity index (χ2v) is 5.52. The van der Waals surface area contributed by atoms with Crippen LogP contribution in [-0.4, -0.2) is 17.0 Å². The molecule has 2 rings (SSSR count). The molecule has 4 N–H and O–H groups in total. The van der Waals surface area contributed by atoms with E-state index in [1.807, 2.05) is 0 Å². The molecule has 0 radical (unpaired) electrons. The number of benzene rings is 1. The van der Waals surface area contributed by atoms with Crippen LogP contribution in [0.5, 0.6) is 0 Å². The highest BCUT2D eigenvalue weighted by atomic mass is 19.1. The number of nitrogens with two attached hydrogens (primary N) is 1. The zero-order valence-corrected chi connectivity index (χ0v) is 12.0. The quantitative estimate of drug-likeness (QED) is 0.343. The molecule has 5 nitrogen and oxygen atoms in total. The maximum absolute atomic E-state index is 13.9. The molecule has 0 saturated heterocycles. The van der Waals surface area contributed by atoms with E-state index in [9.17, 15) is 9.18 Å². The molecule has 21 heavy (non-hydrogen) atoms. The first-order chi connectivity index (χ1) is 10.0. The summed E-state index contributed by atoms with van der Waals surface area (Å²) >= 11 is 0. The van der Waals surface area contributed by atoms with Crippen LogP contribution in [0.1, 0.15) is 37.3 Å². The first-order valence-corrected chi connectivity index (χ1v) is 7.07. The predicted octanol–water partition coefficient (Wildman–Crippen LogP) is 1.97. The van der Waals surface area contributed by atoms with Gasteiger partial charge in [0.15, 0.2) is 5.84 Å². The Morgan fingerprint density at radius 1 is 1.52 bits per heavy atom. The normalized spacial score (nSPS) is 22.3. The van der Waals surface area contributed by atoms with Gasteiger partial charge in [0.05, 0.1) is 0 Å². The lowest BCUT2D eigenvalue weighted by molar-refractivity contribution is -0.126. The minimum absolute atomic E-state index is 0.0140. The lowest BCUT2D eigenvalue weighted by Crippen LogP contribution is -2.31. The van der Waals surface area contributed by atoms with Crippen molar-refractivity contribution >= 4 is 11.7 Å². The number of rotatable bonds is 4. The number of halogens is 1. The van der Waals surface area contributed by atoms with Crippen LogP contribution in [0.4, 0.5) is 4.39 Å². The molecular formula is C15H20FN3O2. The van der Waals surface area contributed by atoms with E-state index in [4.69, 9.17) is 10.9 Å². The standard InChI is InChI=1S/C15H20FN3O2/c1-9-3-2-4-12(9)15(20)18-8-11-6-5-10(7-13(11)16)14(17)19-21/h5-7,9,12,21H,2-4,8H2,1H3,(H2,17,19)(H,18,20). The van der Waals surface area contributed by atoms with Gasteiger partial charge in [0.2, 0.25) is 5.91 Å². The van der Waals surface area contributed by atoms with Crippen LogP contribution in [-0.2, 0) is 11.3 Å². The topological polar surface area (TPSA) is 87.7 Å². The van der Waals surface area contributed by atoms with Gasteiger partial charge in [-0.2, -0.15) is 0 Å². The highest BCUT2D eigenvalue weighted by Crippen LogP contribution is 2.31. The summed E-state index contributed by atoms with van der Waals surface area (Å²) in [7, 11) is 0. The average Bonchev–Trinajstić information content (AvgIpc) is 2.91. The van der Waals surface area contributed by atoms with E-state index in [0.29, 0.717) is 17.0 Å². The molecule has 0 aromatic heterocycles. The molecule has 0 aliphatic heterocycles. The predicted molar refractivity (Wildman–Crippen MR) is 77.3 cm³/mol. The van der Waals surface area contributed by atoms with Crippen molar-refractivity contribution in [2.24, 2.45) is 22.7 Å². The lowest BCUT2D eigenvalue weighted by atomic mass is 9.97. The molecule has 1 aliphatic rings. The summed E-state index contributed by atoms with van der Waals surface area (Å²) in [5, 5.41) is 14.2. The molecule has 0 spiro atoms. The molecule has 1 aromatic carbocycles. The smallest absolute Gasteiger partial charge is 0.223 e. The van der Waals surface area contributed by atoms with Gasteiger partial charge in [-0.3, -0.25) is 4.79 Å². The summed E-state index contributed by atoms with van der Waals surface area (Å²) in [5.41, 5.74) is 6.08. The Hall–Kier alpha value is -2.11. The summed E-state index contributed by atoms with van der Waals surface area (Å²) in [4.78, 5) is 12.1. The van der Waals surface area contributed by atoms with Gasteiger partial charge in [-0.25, -0.2) is 4.39 Å². The number of carbonyl (C=O) groups excluding carboxylic acids is 1. The number of nitrogens with one attached hydrogen (secondary N) is 1. The molecule has 0 bridgehead atoms. The number of amides is 1. The minimum atomic E-state index is -0.487. The Balaban J connectivity index is 1.99. The number of carbonyl (C=O) groups is 1. The number of nitrogens with zero attached hydrogens (tertiary/aromatic N) is 1. The highest BCUT2D eigenvalue weighted by Gasteiger charge is 2.29. The summed E-state index contributed by atoms with van der Waals surface area (Å²) in [6.45, 7) is 2.22. The van der Waals surface area contributed by atoms with Crippen LogP contribution >= 0.6 is 0 Å². The van der Waals surface area contributed by atoms with E-state index in [1.54, 1.807) is 6.07 Å². The van der Waals surface area contributed by atoms with E-state index in [1.165, 1.54) is 12.1 Å². The van der Waals surface area contributed by atoms with Crippen LogP contribution in [0.3, 0.4) is 0 Å². The van der Waals surface area contributed by atoms with Gasteiger partial charge < -0.3 is 16.3 Å². The number of hydrogen-bond donors (Lipinski definition) is 3. The SMILES string of the molecule is CC1CCCC1C(=O)NCc1ccc(/C(N)=N/O)cc1F. The van der Waals surface area contributed by atoms with Crippen LogP contribution in [0, 0.1) is 17.7 Å². The Labute approximate surface area is 123 Å². The zero-order chi connectivity index (χ0) is 15.4. The summed E-state index contributed by atoms with van der Waals surface area (Å²) in [6, 6.07) is 4.27. The Kier molecular flexibility index (Phi) is 4.77. The maximum atomic E-state index is 13.9. The molecule has 1 saturated carbocycles. The van der Waals surface area contributed by atoms with Crippen LogP contribution in [0.2, 0.25) is 0 Å². The summed E-state index contributed by atoms with van der Waals surface area (Å²) in [6.07, 6.45) is 3.04. The lowest BCUT2D eigenvalue weighted by Gasteiger charge is -2.15. The number of oxime groups is 1. The minimum Gasteiger partial charge on any atom is -0.409 e. The fourth-order valence-electron chi connectivity index (χ4n) is 2.76. The van der Waals surface area contributed by atoms with E-state index in [-0.39, 0.29) is 24.2 Å². The molecule has 114 valence electrons. The van der Waals surface area contributed by atoms with Crippen LogP contribution in [0.15, 0.2) is 23.4 Å². The van der Waals surface area contributed by atoms with Crippen molar-refractivity contribution in [1.29, 1.82) is 0 Å². The molecule has 1 aromatic rings. The summed E-state index contributed by atoms with van der Waals surface area (Å²) in [5.74, 6) is -0.231. The van der Waals surface area contributed by atoms with Crippen molar-refractivity contribution in [3.05, 3.63) is 35.1 Å². The van der Waals surface area contributed by atoms with Crippen molar-refractivity contribution in [2.45, 2.75) is 32.7 Å². The van der Waals surface area contributed by atoms with Crippen LogP contribution in [0.25, 0.3) is 0 Å².